The molecule has 3 aliphatic heterocycles. The Morgan fingerprint density at radius 3 is 2.73 bits per heavy atom. The molecule has 0 N–H and O–H groups in total. The summed E-state index contributed by atoms with van der Waals surface area (Å²) in [4.78, 5) is 2.28. The first-order valence-corrected chi connectivity index (χ1v) is 9.33. The molecule has 118 valence electrons. The summed E-state index contributed by atoms with van der Waals surface area (Å²) >= 11 is 0. The van der Waals surface area contributed by atoms with Crippen LogP contribution in [0.15, 0.2) is 29.8 Å². The average Bonchev–Trinajstić information content (AvgIpc) is 2.96. The number of hydrogen-bond donors (Lipinski definition) is 0. The van der Waals surface area contributed by atoms with Crippen LogP contribution >= 0.6 is 0 Å². The fraction of sp³-hybridized carbons (Fsp3) is 0.500. The molecule has 0 spiro atoms. The van der Waals surface area contributed by atoms with Crippen molar-refractivity contribution in [1.29, 1.82) is 0 Å². The van der Waals surface area contributed by atoms with E-state index in [4.69, 9.17) is 8.92 Å². The zero-order chi connectivity index (χ0) is 15.2. The van der Waals surface area contributed by atoms with E-state index in [0.29, 0.717) is 24.5 Å². The summed E-state index contributed by atoms with van der Waals surface area (Å²) in [6.07, 6.45) is 2.97. The minimum Gasteiger partial charge on any atom is -0.492 e. The summed E-state index contributed by atoms with van der Waals surface area (Å²) in [6.45, 7) is 2.47. The lowest BCUT2D eigenvalue weighted by atomic mass is 9.99. The number of rotatable bonds is 1. The zero-order valence-corrected chi connectivity index (χ0v) is 13.1. The van der Waals surface area contributed by atoms with E-state index in [1.54, 1.807) is 0 Å². The normalized spacial score (nSPS) is 27.4. The Morgan fingerprint density at radius 1 is 1.14 bits per heavy atom. The maximum absolute atomic E-state index is 12.3. The predicted octanol–water partition coefficient (Wildman–Crippen LogP) is 2.00. The van der Waals surface area contributed by atoms with Crippen molar-refractivity contribution < 1.29 is 17.3 Å². The largest absolute Gasteiger partial charge is 0.492 e. The van der Waals surface area contributed by atoms with Gasteiger partial charge in [-0.05, 0) is 43.6 Å². The quantitative estimate of drug-likeness (QED) is 0.741. The smallest absolute Gasteiger partial charge is 0.311 e. The van der Waals surface area contributed by atoms with Crippen molar-refractivity contribution in [2.75, 3.05) is 25.4 Å². The fourth-order valence-electron chi connectivity index (χ4n) is 3.59. The number of para-hydroxylation sites is 1. The first kappa shape index (κ1) is 14.1. The molecule has 3 aliphatic rings. The molecule has 1 aromatic rings. The Balaban J connectivity index is 1.85. The first-order chi connectivity index (χ1) is 10.6. The molecule has 0 amide bonds. The summed E-state index contributed by atoms with van der Waals surface area (Å²) in [5.74, 6) is 1.24. The molecule has 0 aromatic heterocycles. The molecule has 5 nitrogen and oxygen atoms in total. The Morgan fingerprint density at radius 2 is 1.91 bits per heavy atom. The van der Waals surface area contributed by atoms with Crippen LogP contribution in [0.3, 0.4) is 0 Å². The van der Waals surface area contributed by atoms with Crippen molar-refractivity contribution in [3.8, 4) is 5.75 Å². The van der Waals surface area contributed by atoms with Crippen LogP contribution in [0.5, 0.6) is 5.75 Å². The highest BCUT2D eigenvalue weighted by Gasteiger charge is 2.39. The monoisotopic (exact) mass is 321 g/mol. The van der Waals surface area contributed by atoms with Gasteiger partial charge in [-0.2, -0.15) is 8.42 Å². The lowest BCUT2D eigenvalue weighted by molar-refractivity contribution is 0.262. The van der Waals surface area contributed by atoms with E-state index in [-0.39, 0.29) is 11.8 Å². The number of nitrogens with zero attached hydrogens (tertiary/aromatic N) is 1. The predicted molar refractivity (Wildman–Crippen MR) is 82.9 cm³/mol. The van der Waals surface area contributed by atoms with E-state index in [1.807, 2.05) is 24.3 Å². The minimum atomic E-state index is -3.55. The van der Waals surface area contributed by atoms with E-state index < -0.39 is 10.1 Å². The van der Waals surface area contributed by atoms with Gasteiger partial charge in [0.25, 0.3) is 0 Å². The molecule has 1 fully saturated rings. The van der Waals surface area contributed by atoms with Gasteiger partial charge < -0.3 is 8.92 Å². The van der Waals surface area contributed by atoms with Gasteiger partial charge in [-0.3, -0.25) is 4.90 Å². The molecular weight excluding hydrogens is 302 g/mol. The van der Waals surface area contributed by atoms with Gasteiger partial charge in [0.05, 0.1) is 18.2 Å². The highest BCUT2D eigenvalue weighted by Crippen LogP contribution is 2.40. The van der Waals surface area contributed by atoms with Crippen molar-refractivity contribution in [3.05, 3.63) is 35.4 Å². The van der Waals surface area contributed by atoms with E-state index in [9.17, 15) is 8.42 Å². The molecular formula is C16H19NO4S. The van der Waals surface area contributed by atoms with Crippen LogP contribution < -0.4 is 4.74 Å². The van der Waals surface area contributed by atoms with Gasteiger partial charge in [-0.15, -0.1) is 0 Å². The minimum absolute atomic E-state index is 0.0496. The second-order valence-electron chi connectivity index (χ2n) is 6.02. The molecule has 6 heteroatoms. The van der Waals surface area contributed by atoms with Crippen molar-refractivity contribution >= 4 is 15.9 Å². The third kappa shape index (κ3) is 2.40. The number of benzene rings is 1. The molecule has 0 aliphatic carbocycles. The van der Waals surface area contributed by atoms with Crippen LogP contribution in [-0.4, -0.2) is 44.8 Å². The summed E-state index contributed by atoms with van der Waals surface area (Å²) in [7, 11) is -3.55. The van der Waals surface area contributed by atoms with Crippen LogP contribution in [0.2, 0.25) is 0 Å². The van der Waals surface area contributed by atoms with E-state index in [2.05, 4.69) is 4.90 Å². The van der Waals surface area contributed by atoms with E-state index >= 15 is 0 Å². The Kier molecular flexibility index (Phi) is 3.38. The highest BCUT2D eigenvalue weighted by atomic mass is 32.2. The average molecular weight is 321 g/mol. The summed E-state index contributed by atoms with van der Waals surface area (Å²) in [5.41, 5.74) is 1.82. The molecule has 1 saturated heterocycles. The van der Waals surface area contributed by atoms with Crippen LogP contribution in [-0.2, 0) is 14.3 Å². The molecule has 0 radical (unpaired) electrons. The van der Waals surface area contributed by atoms with Gasteiger partial charge >= 0.3 is 10.1 Å². The fourth-order valence-corrected chi connectivity index (χ4v) is 4.91. The van der Waals surface area contributed by atoms with Crippen molar-refractivity contribution in [3.63, 3.8) is 0 Å². The van der Waals surface area contributed by atoms with Gasteiger partial charge in [-0.25, -0.2) is 0 Å². The third-order valence-electron chi connectivity index (χ3n) is 4.61. The van der Waals surface area contributed by atoms with Gasteiger partial charge in [-0.1, -0.05) is 12.1 Å². The number of hydrogen-bond acceptors (Lipinski definition) is 5. The van der Waals surface area contributed by atoms with Crippen molar-refractivity contribution in [1.82, 2.24) is 4.90 Å². The molecule has 4 rings (SSSR count). The number of likely N-dealkylation sites (tertiary alicyclic amines) is 1. The Labute approximate surface area is 130 Å². The van der Waals surface area contributed by atoms with E-state index in [1.165, 1.54) is 0 Å². The molecule has 3 heterocycles. The third-order valence-corrected chi connectivity index (χ3v) is 5.75. The van der Waals surface area contributed by atoms with E-state index in [0.717, 1.165) is 37.1 Å². The standard InChI is InChI=1S/C16H19NO4S/c18-22(19)11-14(17-8-3-4-9-17)12-7-10-20-15-6-2-1-5-13(15)16(12)21-22/h1-2,5-6,14H,3-4,7-11H2. The molecule has 1 unspecified atom stereocenters. The van der Waals surface area contributed by atoms with Crippen LogP contribution in [0.4, 0.5) is 0 Å². The molecule has 1 aromatic carbocycles. The lowest BCUT2D eigenvalue weighted by Gasteiger charge is -2.33. The Hall–Kier alpha value is -1.53. The van der Waals surface area contributed by atoms with Crippen molar-refractivity contribution in [2.24, 2.45) is 0 Å². The van der Waals surface area contributed by atoms with Crippen LogP contribution in [0, 0.1) is 0 Å². The van der Waals surface area contributed by atoms with Gasteiger partial charge in [0.2, 0.25) is 0 Å². The van der Waals surface area contributed by atoms with Crippen molar-refractivity contribution in [2.45, 2.75) is 25.3 Å². The molecule has 22 heavy (non-hydrogen) atoms. The highest BCUT2D eigenvalue weighted by molar-refractivity contribution is 7.87. The molecule has 0 bridgehead atoms. The SMILES string of the molecule is O=S1(=O)CC(N2CCCC2)C2=C(O1)c1ccccc1OCC2. The first-order valence-electron chi connectivity index (χ1n) is 7.75. The molecule has 0 saturated carbocycles. The maximum atomic E-state index is 12.3. The van der Waals surface area contributed by atoms with Crippen LogP contribution in [0.25, 0.3) is 5.76 Å². The second kappa shape index (κ2) is 5.28. The zero-order valence-electron chi connectivity index (χ0n) is 12.3. The van der Waals surface area contributed by atoms with Gasteiger partial charge in [0, 0.05) is 6.42 Å². The molecule has 1 atom stereocenters. The summed E-state index contributed by atoms with van der Waals surface area (Å²) in [6, 6.07) is 7.43. The van der Waals surface area contributed by atoms with Gasteiger partial charge in [0.15, 0.2) is 5.76 Å². The number of fused-ring (bicyclic) bond motifs is 2. The maximum Gasteiger partial charge on any atom is 0.311 e. The van der Waals surface area contributed by atoms with Gasteiger partial charge in [0.1, 0.15) is 11.5 Å². The lowest BCUT2D eigenvalue weighted by Crippen LogP contribution is -2.43. The second-order valence-corrected chi connectivity index (χ2v) is 7.63. The topological polar surface area (TPSA) is 55.8 Å². The summed E-state index contributed by atoms with van der Waals surface area (Å²) in [5, 5.41) is 0. The summed E-state index contributed by atoms with van der Waals surface area (Å²) < 4.78 is 35.7. The Bertz CT molecular complexity index is 719. The van der Waals surface area contributed by atoms with Crippen LogP contribution in [0.1, 0.15) is 24.8 Å². The number of ether oxygens (including phenoxy) is 1.